The van der Waals surface area contributed by atoms with Crippen LogP contribution in [-0.4, -0.2) is 40.4 Å². The molecule has 0 aliphatic carbocycles. The second kappa shape index (κ2) is 6.52. The van der Waals surface area contributed by atoms with Crippen LogP contribution < -0.4 is 0 Å². The standard InChI is InChI=1S/C19H24N2OS/c1-12-5-6-16-17(11-13(2)20-18(16)14(12)3)19(22)21(4)15-7-9-23-10-8-15/h5-6,11,15H,7-10H2,1-4H3. The molecule has 0 spiro atoms. The maximum Gasteiger partial charge on any atom is 0.254 e. The van der Waals surface area contributed by atoms with Crippen molar-refractivity contribution in [3.8, 4) is 0 Å². The zero-order valence-electron chi connectivity index (χ0n) is 14.3. The van der Waals surface area contributed by atoms with Gasteiger partial charge in [-0.15, -0.1) is 0 Å². The summed E-state index contributed by atoms with van der Waals surface area (Å²) in [5, 5.41) is 0.973. The topological polar surface area (TPSA) is 33.2 Å². The van der Waals surface area contributed by atoms with E-state index < -0.39 is 0 Å². The van der Waals surface area contributed by atoms with Gasteiger partial charge in [-0.1, -0.05) is 12.1 Å². The average molecular weight is 328 g/mol. The summed E-state index contributed by atoms with van der Waals surface area (Å²) in [5.74, 6) is 2.42. The van der Waals surface area contributed by atoms with Gasteiger partial charge in [-0.05, 0) is 62.3 Å². The van der Waals surface area contributed by atoms with E-state index in [4.69, 9.17) is 0 Å². The minimum absolute atomic E-state index is 0.126. The molecule has 0 radical (unpaired) electrons. The predicted octanol–water partition coefficient (Wildman–Crippen LogP) is 4.13. The number of rotatable bonds is 2. The quantitative estimate of drug-likeness (QED) is 0.831. The van der Waals surface area contributed by atoms with Crippen molar-refractivity contribution in [2.75, 3.05) is 18.6 Å². The second-order valence-corrected chi connectivity index (χ2v) is 7.70. The van der Waals surface area contributed by atoms with E-state index >= 15 is 0 Å². The largest absolute Gasteiger partial charge is 0.339 e. The molecule has 1 fully saturated rings. The fourth-order valence-corrected chi connectivity index (χ4v) is 4.34. The fourth-order valence-electron chi connectivity index (χ4n) is 3.26. The molecule has 0 saturated carbocycles. The number of fused-ring (bicyclic) bond motifs is 1. The number of nitrogens with zero attached hydrogens (tertiary/aromatic N) is 2. The van der Waals surface area contributed by atoms with Crippen molar-refractivity contribution in [1.29, 1.82) is 0 Å². The third-order valence-corrected chi connectivity index (χ3v) is 5.97. The van der Waals surface area contributed by atoms with Gasteiger partial charge in [-0.2, -0.15) is 11.8 Å². The molecular formula is C19H24N2OS. The molecule has 122 valence electrons. The van der Waals surface area contributed by atoms with Gasteiger partial charge in [0.1, 0.15) is 0 Å². The van der Waals surface area contributed by atoms with Crippen molar-refractivity contribution in [1.82, 2.24) is 9.88 Å². The Bertz CT molecular complexity index is 751. The van der Waals surface area contributed by atoms with Crippen LogP contribution in [0.5, 0.6) is 0 Å². The number of aryl methyl sites for hydroxylation is 3. The third-order valence-electron chi connectivity index (χ3n) is 4.92. The molecule has 0 bridgehead atoms. The lowest BCUT2D eigenvalue weighted by molar-refractivity contribution is 0.0725. The Morgan fingerprint density at radius 1 is 1.22 bits per heavy atom. The maximum atomic E-state index is 13.1. The first-order chi connectivity index (χ1) is 11.0. The first kappa shape index (κ1) is 16.3. The van der Waals surface area contributed by atoms with Crippen LogP contribution in [0.15, 0.2) is 18.2 Å². The number of thioether (sulfide) groups is 1. The van der Waals surface area contributed by atoms with Crippen LogP contribution in [0.25, 0.3) is 10.9 Å². The smallest absolute Gasteiger partial charge is 0.254 e. The highest BCUT2D eigenvalue weighted by Crippen LogP contribution is 2.27. The zero-order valence-corrected chi connectivity index (χ0v) is 15.2. The van der Waals surface area contributed by atoms with E-state index in [1.54, 1.807) is 0 Å². The van der Waals surface area contributed by atoms with Crippen LogP contribution in [-0.2, 0) is 0 Å². The molecule has 23 heavy (non-hydrogen) atoms. The van der Waals surface area contributed by atoms with Gasteiger partial charge in [-0.3, -0.25) is 9.78 Å². The summed E-state index contributed by atoms with van der Waals surface area (Å²) >= 11 is 1.98. The molecule has 0 unspecified atom stereocenters. The van der Waals surface area contributed by atoms with E-state index in [-0.39, 0.29) is 5.91 Å². The molecule has 3 rings (SSSR count). The van der Waals surface area contributed by atoms with Gasteiger partial charge < -0.3 is 4.90 Å². The van der Waals surface area contributed by atoms with E-state index in [1.807, 2.05) is 42.8 Å². The third kappa shape index (κ3) is 3.09. The van der Waals surface area contributed by atoms with E-state index in [0.29, 0.717) is 6.04 Å². The van der Waals surface area contributed by atoms with Crippen LogP contribution in [0.1, 0.15) is 40.0 Å². The summed E-state index contributed by atoms with van der Waals surface area (Å²) in [7, 11) is 1.95. The van der Waals surface area contributed by atoms with Crippen LogP contribution >= 0.6 is 11.8 Å². The van der Waals surface area contributed by atoms with Crippen molar-refractivity contribution in [3.63, 3.8) is 0 Å². The molecule has 1 saturated heterocycles. The van der Waals surface area contributed by atoms with Crippen molar-refractivity contribution < 1.29 is 4.79 Å². The molecule has 0 atom stereocenters. The minimum Gasteiger partial charge on any atom is -0.339 e. The molecular weight excluding hydrogens is 304 g/mol. The molecule has 1 aliphatic heterocycles. The molecule has 2 heterocycles. The molecule has 1 amide bonds. The first-order valence-corrected chi connectivity index (χ1v) is 9.37. The molecule has 1 aromatic heterocycles. The monoisotopic (exact) mass is 328 g/mol. The van der Waals surface area contributed by atoms with Gasteiger partial charge in [-0.25, -0.2) is 0 Å². The summed E-state index contributed by atoms with van der Waals surface area (Å²) < 4.78 is 0. The Kier molecular flexibility index (Phi) is 4.62. The van der Waals surface area contributed by atoms with Crippen molar-refractivity contribution in [2.45, 2.75) is 39.7 Å². The Balaban J connectivity index is 2.04. The van der Waals surface area contributed by atoms with E-state index in [9.17, 15) is 4.79 Å². The van der Waals surface area contributed by atoms with E-state index in [2.05, 4.69) is 24.9 Å². The SMILES string of the molecule is Cc1cc(C(=O)N(C)C2CCSCC2)c2ccc(C)c(C)c2n1. The lowest BCUT2D eigenvalue weighted by Gasteiger charge is -2.31. The number of pyridine rings is 1. The summed E-state index contributed by atoms with van der Waals surface area (Å²) in [6, 6.07) is 6.43. The number of amides is 1. The van der Waals surface area contributed by atoms with Gasteiger partial charge in [0.25, 0.3) is 5.91 Å². The van der Waals surface area contributed by atoms with Crippen molar-refractivity contribution >= 4 is 28.6 Å². The molecule has 2 aromatic rings. The van der Waals surface area contributed by atoms with Crippen LogP contribution in [0.2, 0.25) is 0 Å². The predicted molar refractivity (Wildman–Crippen MR) is 98.4 cm³/mol. The van der Waals surface area contributed by atoms with Gasteiger partial charge in [0.2, 0.25) is 0 Å². The Morgan fingerprint density at radius 3 is 2.61 bits per heavy atom. The molecule has 1 aliphatic rings. The molecule has 0 N–H and O–H groups in total. The fraction of sp³-hybridized carbons (Fsp3) is 0.474. The number of benzene rings is 1. The molecule has 1 aromatic carbocycles. The van der Waals surface area contributed by atoms with Gasteiger partial charge in [0.15, 0.2) is 0 Å². The minimum atomic E-state index is 0.126. The number of aromatic nitrogens is 1. The Labute approximate surface area is 142 Å². The number of carbonyl (C=O) groups excluding carboxylic acids is 1. The normalized spacial score (nSPS) is 15.8. The summed E-state index contributed by atoms with van der Waals surface area (Å²) in [6.45, 7) is 6.14. The lowest BCUT2D eigenvalue weighted by atomic mass is 9.99. The first-order valence-electron chi connectivity index (χ1n) is 8.21. The van der Waals surface area contributed by atoms with Crippen molar-refractivity contribution in [3.05, 3.63) is 40.6 Å². The van der Waals surface area contributed by atoms with Crippen LogP contribution in [0.3, 0.4) is 0 Å². The number of hydrogen-bond acceptors (Lipinski definition) is 3. The van der Waals surface area contributed by atoms with Crippen molar-refractivity contribution in [2.24, 2.45) is 0 Å². The van der Waals surface area contributed by atoms with E-state index in [1.165, 1.54) is 5.56 Å². The summed E-state index contributed by atoms with van der Waals surface area (Å²) in [5.41, 5.74) is 5.03. The molecule has 4 heteroatoms. The Hall–Kier alpha value is -1.55. The van der Waals surface area contributed by atoms with Gasteiger partial charge >= 0.3 is 0 Å². The number of hydrogen-bond donors (Lipinski definition) is 0. The second-order valence-electron chi connectivity index (χ2n) is 6.47. The lowest BCUT2D eigenvalue weighted by Crippen LogP contribution is -2.39. The van der Waals surface area contributed by atoms with Crippen LogP contribution in [0.4, 0.5) is 0 Å². The van der Waals surface area contributed by atoms with Crippen LogP contribution in [0, 0.1) is 20.8 Å². The summed E-state index contributed by atoms with van der Waals surface area (Å²) in [4.78, 5) is 19.7. The highest BCUT2D eigenvalue weighted by Gasteiger charge is 2.25. The van der Waals surface area contributed by atoms with Gasteiger partial charge in [0.05, 0.1) is 11.1 Å². The van der Waals surface area contributed by atoms with Gasteiger partial charge in [0, 0.05) is 24.2 Å². The Morgan fingerprint density at radius 2 is 1.91 bits per heavy atom. The number of carbonyl (C=O) groups is 1. The molecule has 3 nitrogen and oxygen atoms in total. The summed E-state index contributed by atoms with van der Waals surface area (Å²) in [6.07, 6.45) is 2.18. The highest BCUT2D eigenvalue weighted by molar-refractivity contribution is 7.99. The average Bonchev–Trinajstić information content (AvgIpc) is 2.57. The zero-order chi connectivity index (χ0) is 16.6. The maximum absolute atomic E-state index is 13.1. The van der Waals surface area contributed by atoms with E-state index in [0.717, 1.165) is 52.1 Å². The highest BCUT2D eigenvalue weighted by atomic mass is 32.2.